The summed E-state index contributed by atoms with van der Waals surface area (Å²) in [6.07, 6.45) is 5.92. The molecular formula is C24H29N3O4S. The van der Waals surface area contributed by atoms with Gasteiger partial charge in [-0.25, -0.2) is 13.1 Å². The number of methoxy groups -OCH3 is 1. The lowest BCUT2D eigenvalue weighted by atomic mass is 10.1. The molecule has 2 fully saturated rings. The largest absolute Gasteiger partial charge is 0.495 e. The molecule has 4 rings (SSSR count). The molecule has 1 aliphatic heterocycles. The van der Waals surface area contributed by atoms with E-state index in [4.69, 9.17) is 4.74 Å². The molecule has 1 saturated heterocycles. The van der Waals surface area contributed by atoms with Crippen LogP contribution in [0.15, 0.2) is 59.5 Å². The Kier molecular flexibility index (Phi) is 6.93. The molecule has 1 aliphatic carbocycles. The van der Waals surface area contributed by atoms with Gasteiger partial charge in [-0.2, -0.15) is 0 Å². The molecule has 0 atom stereocenters. The van der Waals surface area contributed by atoms with E-state index in [1.54, 1.807) is 17.0 Å². The van der Waals surface area contributed by atoms with Gasteiger partial charge in [0.2, 0.25) is 10.0 Å². The molecule has 0 bridgehead atoms. The number of amides is 1. The van der Waals surface area contributed by atoms with Gasteiger partial charge in [0.25, 0.3) is 5.91 Å². The number of hydrogen-bond acceptors (Lipinski definition) is 5. The number of carbonyl (C=O) groups is 1. The number of benzene rings is 2. The normalized spacial score (nSPS) is 17.6. The van der Waals surface area contributed by atoms with Crippen LogP contribution in [0.1, 0.15) is 28.8 Å². The van der Waals surface area contributed by atoms with Crippen molar-refractivity contribution >= 4 is 22.0 Å². The SMILES string of the molecule is COc1ccc(C(=O)N2CCN(C/C=C/c3ccccc3)CC2)cc1S(=O)(=O)NC1CC1. The lowest BCUT2D eigenvalue weighted by molar-refractivity contribution is 0.0650. The molecular weight excluding hydrogens is 426 g/mol. The van der Waals surface area contributed by atoms with Crippen molar-refractivity contribution in [1.29, 1.82) is 0 Å². The number of ether oxygens (including phenoxy) is 1. The summed E-state index contributed by atoms with van der Waals surface area (Å²) in [6, 6.07) is 14.8. The third kappa shape index (κ3) is 5.56. The zero-order chi connectivity index (χ0) is 22.6. The second-order valence-corrected chi connectivity index (χ2v) is 9.85. The number of sulfonamides is 1. The van der Waals surface area contributed by atoms with Crippen LogP contribution in [0.2, 0.25) is 0 Å². The van der Waals surface area contributed by atoms with Crippen LogP contribution < -0.4 is 9.46 Å². The summed E-state index contributed by atoms with van der Waals surface area (Å²) in [5.74, 6) is 0.0831. The Morgan fingerprint density at radius 1 is 1.09 bits per heavy atom. The van der Waals surface area contributed by atoms with E-state index in [1.165, 1.54) is 18.7 Å². The molecule has 0 radical (unpaired) electrons. The third-order valence-electron chi connectivity index (χ3n) is 5.73. The van der Waals surface area contributed by atoms with Crippen LogP contribution in [0, 0.1) is 0 Å². The van der Waals surface area contributed by atoms with Crippen LogP contribution in [-0.4, -0.2) is 70.0 Å². The van der Waals surface area contributed by atoms with E-state index < -0.39 is 10.0 Å². The van der Waals surface area contributed by atoms with E-state index in [2.05, 4.69) is 33.9 Å². The van der Waals surface area contributed by atoms with Crippen LogP contribution in [0.25, 0.3) is 6.08 Å². The summed E-state index contributed by atoms with van der Waals surface area (Å²) < 4.78 is 33.4. The van der Waals surface area contributed by atoms with Crippen LogP contribution in [0.4, 0.5) is 0 Å². The third-order valence-corrected chi connectivity index (χ3v) is 7.27. The maximum atomic E-state index is 13.1. The minimum atomic E-state index is -3.73. The molecule has 1 heterocycles. The quantitative estimate of drug-likeness (QED) is 0.662. The van der Waals surface area contributed by atoms with Gasteiger partial charge in [-0.05, 0) is 36.6 Å². The molecule has 2 aliphatic rings. The molecule has 8 heteroatoms. The highest BCUT2D eigenvalue weighted by Crippen LogP contribution is 2.28. The van der Waals surface area contributed by atoms with Crippen molar-refractivity contribution in [1.82, 2.24) is 14.5 Å². The Labute approximate surface area is 189 Å². The van der Waals surface area contributed by atoms with Gasteiger partial charge in [0.1, 0.15) is 10.6 Å². The van der Waals surface area contributed by atoms with Gasteiger partial charge in [0.05, 0.1) is 7.11 Å². The van der Waals surface area contributed by atoms with Crippen molar-refractivity contribution in [2.45, 2.75) is 23.8 Å². The van der Waals surface area contributed by atoms with Gasteiger partial charge in [0, 0.05) is 44.3 Å². The average molecular weight is 456 g/mol. The van der Waals surface area contributed by atoms with Crippen molar-refractivity contribution in [3.05, 3.63) is 65.7 Å². The summed E-state index contributed by atoms with van der Waals surface area (Å²) in [6.45, 7) is 3.58. The predicted octanol–water partition coefficient (Wildman–Crippen LogP) is 2.61. The number of rotatable bonds is 8. The van der Waals surface area contributed by atoms with Gasteiger partial charge >= 0.3 is 0 Å². The molecule has 1 saturated carbocycles. The highest BCUT2D eigenvalue weighted by Gasteiger charge is 2.31. The molecule has 7 nitrogen and oxygen atoms in total. The summed E-state index contributed by atoms with van der Waals surface area (Å²) in [7, 11) is -2.30. The number of piperazine rings is 1. The van der Waals surface area contributed by atoms with Crippen LogP contribution >= 0.6 is 0 Å². The van der Waals surface area contributed by atoms with Gasteiger partial charge in [-0.3, -0.25) is 9.69 Å². The smallest absolute Gasteiger partial charge is 0.253 e. The summed E-state index contributed by atoms with van der Waals surface area (Å²) in [4.78, 5) is 17.2. The maximum Gasteiger partial charge on any atom is 0.253 e. The second kappa shape index (κ2) is 9.85. The van der Waals surface area contributed by atoms with Gasteiger partial charge in [-0.15, -0.1) is 0 Å². The van der Waals surface area contributed by atoms with E-state index >= 15 is 0 Å². The maximum absolute atomic E-state index is 13.1. The molecule has 0 spiro atoms. The van der Waals surface area contributed by atoms with E-state index in [0.717, 1.165) is 32.5 Å². The van der Waals surface area contributed by atoms with E-state index in [0.29, 0.717) is 18.7 Å². The topological polar surface area (TPSA) is 79.0 Å². The Hall–Kier alpha value is -2.68. The van der Waals surface area contributed by atoms with Crippen LogP contribution in [-0.2, 0) is 10.0 Å². The van der Waals surface area contributed by atoms with E-state index in [9.17, 15) is 13.2 Å². The fourth-order valence-corrected chi connectivity index (χ4v) is 5.22. The van der Waals surface area contributed by atoms with Crippen molar-refractivity contribution in [2.75, 3.05) is 39.8 Å². The standard InChI is InChI=1S/C24H29N3O4S/c1-31-22-12-9-20(18-23(22)32(29,30)25-21-10-11-21)24(28)27-16-14-26(15-17-27)13-5-8-19-6-3-2-4-7-19/h2-9,12,18,21,25H,10-11,13-17H2,1H3/b8-5+. The van der Waals surface area contributed by atoms with Crippen molar-refractivity contribution in [3.8, 4) is 5.75 Å². The Balaban J connectivity index is 1.37. The van der Waals surface area contributed by atoms with Crippen LogP contribution in [0.5, 0.6) is 5.75 Å². The molecule has 2 aromatic rings. The number of nitrogens with one attached hydrogen (secondary N) is 1. The van der Waals surface area contributed by atoms with E-state index in [1.807, 2.05) is 18.2 Å². The Morgan fingerprint density at radius 2 is 1.81 bits per heavy atom. The van der Waals surface area contributed by atoms with Gasteiger partial charge in [-0.1, -0.05) is 42.5 Å². The van der Waals surface area contributed by atoms with Crippen LogP contribution in [0.3, 0.4) is 0 Å². The molecule has 1 amide bonds. The van der Waals surface area contributed by atoms with Crippen molar-refractivity contribution in [3.63, 3.8) is 0 Å². The molecule has 2 aromatic carbocycles. The minimum Gasteiger partial charge on any atom is -0.495 e. The van der Waals surface area contributed by atoms with Gasteiger partial charge < -0.3 is 9.64 Å². The lowest BCUT2D eigenvalue weighted by Gasteiger charge is -2.34. The average Bonchev–Trinajstić information content (AvgIpc) is 3.62. The zero-order valence-electron chi connectivity index (χ0n) is 18.2. The Morgan fingerprint density at radius 3 is 2.47 bits per heavy atom. The molecule has 0 aromatic heterocycles. The second-order valence-electron chi connectivity index (χ2n) is 8.17. The minimum absolute atomic E-state index is 0.0161. The van der Waals surface area contributed by atoms with E-state index in [-0.39, 0.29) is 22.6 Å². The van der Waals surface area contributed by atoms with Crippen molar-refractivity contribution in [2.24, 2.45) is 0 Å². The van der Waals surface area contributed by atoms with Crippen molar-refractivity contribution < 1.29 is 17.9 Å². The number of nitrogens with zero attached hydrogens (tertiary/aromatic N) is 2. The highest BCUT2D eigenvalue weighted by atomic mass is 32.2. The predicted molar refractivity (Wildman–Crippen MR) is 124 cm³/mol. The first kappa shape index (κ1) is 22.5. The first-order valence-corrected chi connectivity index (χ1v) is 12.4. The summed E-state index contributed by atoms with van der Waals surface area (Å²) in [5.41, 5.74) is 1.53. The molecule has 32 heavy (non-hydrogen) atoms. The molecule has 170 valence electrons. The molecule has 1 N–H and O–H groups in total. The fourth-order valence-electron chi connectivity index (χ4n) is 3.72. The lowest BCUT2D eigenvalue weighted by Crippen LogP contribution is -2.48. The monoisotopic (exact) mass is 455 g/mol. The highest BCUT2D eigenvalue weighted by molar-refractivity contribution is 7.89. The Bertz CT molecular complexity index is 1070. The fraction of sp³-hybridized carbons (Fsp3) is 0.375. The van der Waals surface area contributed by atoms with Gasteiger partial charge in [0.15, 0.2) is 0 Å². The number of hydrogen-bond donors (Lipinski definition) is 1. The summed E-state index contributed by atoms with van der Waals surface area (Å²) in [5, 5.41) is 0. The number of carbonyl (C=O) groups excluding carboxylic acids is 1. The first-order chi connectivity index (χ1) is 15.5. The zero-order valence-corrected chi connectivity index (χ0v) is 19.1. The first-order valence-electron chi connectivity index (χ1n) is 10.9. The summed E-state index contributed by atoms with van der Waals surface area (Å²) >= 11 is 0. The molecule has 0 unspecified atom stereocenters.